The van der Waals surface area contributed by atoms with Crippen molar-refractivity contribution in [2.45, 2.75) is 25.8 Å². The summed E-state index contributed by atoms with van der Waals surface area (Å²) in [6, 6.07) is 3.99. The molecule has 0 spiro atoms. The number of imidazole rings is 2. The van der Waals surface area contributed by atoms with E-state index in [1.165, 1.54) is 0 Å². The Kier molecular flexibility index (Phi) is 4.05. The number of piperidine rings is 1. The van der Waals surface area contributed by atoms with E-state index in [-0.39, 0.29) is 11.9 Å². The summed E-state index contributed by atoms with van der Waals surface area (Å²) in [5.41, 5.74) is 1.37. The molecular weight excluding hydrogens is 316 g/mol. The van der Waals surface area contributed by atoms with Crippen LogP contribution >= 0.6 is 0 Å². The highest BCUT2D eigenvalue weighted by atomic mass is 16.2. The van der Waals surface area contributed by atoms with Crippen LogP contribution in [0.2, 0.25) is 0 Å². The fraction of sp³-hybridized carbons (Fsp3) is 0.333. The van der Waals surface area contributed by atoms with E-state index < -0.39 is 0 Å². The molecule has 1 atom stereocenters. The molecule has 1 aliphatic rings. The summed E-state index contributed by atoms with van der Waals surface area (Å²) in [4.78, 5) is 27.5. The smallest absolute Gasteiger partial charge is 0.272 e. The second-order valence-corrected chi connectivity index (χ2v) is 6.30. The molecule has 3 aromatic rings. The Morgan fingerprint density at radius 1 is 1.20 bits per heavy atom. The Labute approximate surface area is 146 Å². The normalized spacial score (nSPS) is 17.6. The predicted molar refractivity (Wildman–Crippen MR) is 92.5 cm³/mol. The lowest BCUT2D eigenvalue weighted by atomic mass is 10.1. The third kappa shape index (κ3) is 3.05. The summed E-state index contributed by atoms with van der Waals surface area (Å²) >= 11 is 0. The van der Waals surface area contributed by atoms with Crippen LogP contribution in [-0.2, 0) is 0 Å². The maximum absolute atomic E-state index is 12.9. The van der Waals surface area contributed by atoms with Crippen LogP contribution in [0.5, 0.6) is 0 Å². The summed E-state index contributed by atoms with van der Waals surface area (Å²) < 4.78 is 4.03. The number of hydrogen-bond acceptors (Lipinski definition) is 4. The molecule has 1 fully saturated rings. The fourth-order valence-electron chi connectivity index (χ4n) is 3.37. The first-order valence-electron chi connectivity index (χ1n) is 8.45. The van der Waals surface area contributed by atoms with Crippen LogP contribution in [0.15, 0.2) is 49.4 Å². The SMILES string of the molecule is Cc1nccn1-c1ccnc(C(=O)N2CCC[C@@H](n3ccnc3)C2)c1. The second kappa shape index (κ2) is 6.51. The largest absolute Gasteiger partial charge is 0.335 e. The van der Waals surface area contributed by atoms with Gasteiger partial charge in [0.25, 0.3) is 5.91 Å². The number of amides is 1. The number of aromatic nitrogens is 5. The first kappa shape index (κ1) is 15.6. The van der Waals surface area contributed by atoms with E-state index >= 15 is 0 Å². The van der Waals surface area contributed by atoms with Gasteiger partial charge in [-0.1, -0.05) is 0 Å². The number of rotatable bonds is 3. The van der Waals surface area contributed by atoms with Crippen molar-refractivity contribution in [3.8, 4) is 5.69 Å². The van der Waals surface area contributed by atoms with Crippen molar-refractivity contribution in [3.05, 3.63) is 61.0 Å². The van der Waals surface area contributed by atoms with Crippen molar-refractivity contribution in [2.75, 3.05) is 13.1 Å². The summed E-state index contributed by atoms with van der Waals surface area (Å²) in [5.74, 6) is 0.854. The lowest BCUT2D eigenvalue weighted by Crippen LogP contribution is -2.40. The number of nitrogens with zero attached hydrogens (tertiary/aromatic N) is 6. The molecule has 25 heavy (non-hydrogen) atoms. The van der Waals surface area contributed by atoms with Crippen molar-refractivity contribution >= 4 is 5.91 Å². The van der Waals surface area contributed by atoms with E-state index in [4.69, 9.17) is 0 Å². The third-order valence-corrected chi connectivity index (χ3v) is 4.70. The minimum atomic E-state index is -0.0237. The van der Waals surface area contributed by atoms with Crippen LogP contribution in [0.25, 0.3) is 5.69 Å². The molecule has 1 saturated heterocycles. The first-order chi connectivity index (χ1) is 12.2. The minimum Gasteiger partial charge on any atom is -0.335 e. The standard InChI is InChI=1S/C18H20N6O/c1-14-20-7-10-24(14)15-4-5-21-17(11-15)18(25)22-8-2-3-16(12-22)23-9-6-19-13-23/h4-7,9-11,13,16H,2-3,8,12H2,1H3/t16-/m1/s1. The maximum atomic E-state index is 12.9. The average molecular weight is 336 g/mol. The van der Waals surface area contributed by atoms with Crippen LogP contribution < -0.4 is 0 Å². The Morgan fingerprint density at radius 3 is 2.88 bits per heavy atom. The number of carbonyl (C=O) groups is 1. The van der Waals surface area contributed by atoms with E-state index in [0.717, 1.165) is 30.9 Å². The molecule has 1 amide bonds. The van der Waals surface area contributed by atoms with E-state index in [1.54, 1.807) is 18.6 Å². The van der Waals surface area contributed by atoms with E-state index in [0.29, 0.717) is 12.2 Å². The van der Waals surface area contributed by atoms with Crippen LogP contribution in [0.1, 0.15) is 35.2 Å². The summed E-state index contributed by atoms with van der Waals surface area (Å²) in [5, 5.41) is 0. The van der Waals surface area contributed by atoms with Crippen molar-refractivity contribution in [2.24, 2.45) is 0 Å². The number of carbonyl (C=O) groups excluding carboxylic acids is 1. The van der Waals surface area contributed by atoms with Crippen LogP contribution in [0, 0.1) is 6.92 Å². The predicted octanol–water partition coefficient (Wildman–Crippen LogP) is 2.25. The highest BCUT2D eigenvalue weighted by molar-refractivity contribution is 5.92. The molecule has 3 aromatic heterocycles. The molecule has 0 aromatic carbocycles. The Balaban J connectivity index is 1.55. The van der Waals surface area contributed by atoms with Gasteiger partial charge in [-0.3, -0.25) is 9.78 Å². The van der Waals surface area contributed by atoms with Crippen molar-refractivity contribution in [1.82, 2.24) is 29.0 Å². The summed E-state index contributed by atoms with van der Waals surface area (Å²) in [6.45, 7) is 3.38. The molecule has 0 unspecified atom stereocenters. The van der Waals surface area contributed by atoms with Crippen molar-refractivity contribution < 1.29 is 4.79 Å². The molecule has 4 heterocycles. The fourth-order valence-corrected chi connectivity index (χ4v) is 3.37. The van der Waals surface area contributed by atoms with E-state index in [2.05, 4.69) is 19.5 Å². The molecule has 0 bridgehead atoms. The number of aryl methyl sites for hydroxylation is 1. The van der Waals surface area contributed by atoms with Crippen molar-refractivity contribution in [3.63, 3.8) is 0 Å². The summed E-state index contributed by atoms with van der Waals surface area (Å²) in [6.07, 6.45) is 12.9. The van der Waals surface area contributed by atoms with Gasteiger partial charge in [-0.2, -0.15) is 0 Å². The molecule has 1 aliphatic heterocycles. The Hall–Kier alpha value is -2.96. The Morgan fingerprint density at radius 2 is 2.12 bits per heavy atom. The lowest BCUT2D eigenvalue weighted by Gasteiger charge is -2.33. The van der Waals surface area contributed by atoms with Gasteiger partial charge >= 0.3 is 0 Å². The molecule has 0 radical (unpaired) electrons. The number of likely N-dealkylation sites (tertiary alicyclic amines) is 1. The van der Waals surface area contributed by atoms with Gasteiger partial charge in [0.05, 0.1) is 18.1 Å². The van der Waals surface area contributed by atoms with Crippen molar-refractivity contribution in [1.29, 1.82) is 0 Å². The van der Waals surface area contributed by atoms with Crippen LogP contribution in [0.3, 0.4) is 0 Å². The average Bonchev–Trinajstić information content (AvgIpc) is 3.33. The zero-order chi connectivity index (χ0) is 17.2. The molecular formula is C18H20N6O. The molecule has 0 saturated carbocycles. The molecule has 7 heteroatoms. The lowest BCUT2D eigenvalue weighted by molar-refractivity contribution is 0.0673. The van der Waals surface area contributed by atoms with Gasteiger partial charge in [-0.25, -0.2) is 9.97 Å². The molecule has 0 aliphatic carbocycles. The van der Waals surface area contributed by atoms with Gasteiger partial charge < -0.3 is 14.0 Å². The van der Waals surface area contributed by atoms with Gasteiger partial charge in [0.2, 0.25) is 0 Å². The number of hydrogen-bond donors (Lipinski definition) is 0. The quantitative estimate of drug-likeness (QED) is 0.736. The highest BCUT2D eigenvalue weighted by Gasteiger charge is 2.26. The maximum Gasteiger partial charge on any atom is 0.272 e. The number of pyridine rings is 1. The molecule has 0 N–H and O–H groups in total. The van der Waals surface area contributed by atoms with Crippen LogP contribution in [0.4, 0.5) is 0 Å². The highest BCUT2D eigenvalue weighted by Crippen LogP contribution is 2.22. The van der Waals surface area contributed by atoms with Gasteiger partial charge in [-0.05, 0) is 31.9 Å². The minimum absolute atomic E-state index is 0.0237. The summed E-state index contributed by atoms with van der Waals surface area (Å²) in [7, 11) is 0. The molecule has 4 rings (SSSR count). The monoisotopic (exact) mass is 336 g/mol. The van der Waals surface area contributed by atoms with E-state index in [1.807, 2.05) is 47.2 Å². The van der Waals surface area contributed by atoms with Gasteiger partial charge in [-0.15, -0.1) is 0 Å². The van der Waals surface area contributed by atoms with E-state index in [9.17, 15) is 4.79 Å². The van der Waals surface area contributed by atoms with Gasteiger partial charge in [0.15, 0.2) is 0 Å². The second-order valence-electron chi connectivity index (χ2n) is 6.30. The van der Waals surface area contributed by atoms with Crippen LogP contribution in [-0.4, -0.2) is 48.0 Å². The zero-order valence-electron chi connectivity index (χ0n) is 14.1. The first-order valence-corrected chi connectivity index (χ1v) is 8.45. The van der Waals surface area contributed by atoms with Gasteiger partial charge in [0, 0.05) is 44.1 Å². The van der Waals surface area contributed by atoms with Gasteiger partial charge in [0.1, 0.15) is 11.5 Å². The molecule has 128 valence electrons. The third-order valence-electron chi connectivity index (χ3n) is 4.70. The zero-order valence-corrected chi connectivity index (χ0v) is 14.1. The molecule has 7 nitrogen and oxygen atoms in total. The Bertz CT molecular complexity index is 869. The topological polar surface area (TPSA) is 68.8 Å².